The largest absolute Gasteiger partial charge is 0.493 e. The van der Waals surface area contributed by atoms with E-state index in [-0.39, 0.29) is 30.5 Å². The van der Waals surface area contributed by atoms with Gasteiger partial charge >= 0.3 is 35.8 Å². The van der Waals surface area contributed by atoms with E-state index in [4.69, 9.17) is 66.3 Å². The molecule has 60 heavy (non-hydrogen) atoms. The molecule has 20 nitrogen and oxygen atoms in total. The Morgan fingerprint density at radius 1 is 0.650 bits per heavy atom. The van der Waals surface area contributed by atoms with Crippen molar-refractivity contribution < 1.29 is 95.1 Å². The molecule has 0 unspecified atom stereocenters. The highest BCUT2D eigenvalue weighted by Gasteiger charge is 2.55. The van der Waals surface area contributed by atoms with Gasteiger partial charge in [0, 0.05) is 48.7 Å². The molecule has 0 aliphatic carbocycles. The second kappa shape index (κ2) is 22.2. The summed E-state index contributed by atoms with van der Waals surface area (Å²) in [5.41, 5.74) is 0.363. The Bertz CT molecular complexity index is 1810. The summed E-state index contributed by atoms with van der Waals surface area (Å²) in [5.74, 6) is -3.49. The van der Waals surface area contributed by atoms with Gasteiger partial charge in [-0.05, 0) is 29.8 Å². The molecule has 0 amide bonds. The highest BCUT2D eigenvalue weighted by molar-refractivity contribution is 5.71. The first-order valence-electron chi connectivity index (χ1n) is 18.6. The fraction of sp³-hybridized carbons (Fsp3) is 0.550. The number of para-hydroxylation sites is 2. The van der Waals surface area contributed by atoms with E-state index in [0.717, 1.165) is 27.7 Å². The van der Waals surface area contributed by atoms with Crippen molar-refractivity contribution in [2.75, 3.05) is 41.2 Å². The van der Waals surface area contributed by atoms with E-state index in [1.54, 1.807) is 30.3 Å². The van der Waals surface area contributed by atoms with Crippen LogP contribution in [0.15, 0.2) is 42.5 Å². The Hall–Kier alpha value is -5.54. The lowest BCUT2D eigenvalue weighted by atomic mass is 10.0. The Morgan fingerprint density at radius 2 is 1.25 bits per heavy atom. The molecule has 2 aromatic rings. The Labute approximate surface area is 345 Å². The SMILES string of the molecule is COc1cc([C@@H](OC[C@@H]2O[C@@H](O[C@@H]3[C@@H](OC(C)=O)[C@H](OC)OC[C@H]3OC(C)=O)[C@H](OC(C)=O)[C@H]2OC(C)=O)[C@@H](COC(C)=O)Oc2ccccc2OC)ccc1OC(C)=O. The first-order chi connectivity index (χ1) is 28.5. The standard InChI is InChI=1S/C40H50O20/c1-20(41)50-17-31(58-28-13-11-10-12-27(28)47-7)34(26-14-15-29(53-21(2)42)30(16-26)48-8)51-18-33-35(55-23(4)44)38(57-25(6)46)40(59-33)60-36-32(54-22(3)43)19-52-39(49-9)37(36)56-24(5)45/h10-16,31-40H,17-19H2,1-9H3/t31-,32-,33+,34-,35+,36+,37-,38-,39-,40+/m1/s1. The van der Waals surface area contributed by atoms with Crippen molar-refractivity contribution in [3.63, 3.8) is 0 Å². The monoisotopic (exact) mass is 850 g/mol. The minimum atomic E-state index is -1.58. The predicted molar refractivity (Wildman–Crippen MR) is 200 cm³/mol. The minimum Gasteiger partial charge on any atom is -0.493 e. The van der Waals surface area contributed by atoms with Crippen LogP contribution >= 0.6 is 0 Å². The molecule has 0 radical (unpaired) electrons. The zero-order chi connectivity index (χ0) is 44.1. The third-order valence-corrected chi connectivity index (χ3v) is 8.74. The molecule has 2 aliphatic heterocycles. The quantitative estimate of drug-likeness (QED) is 0.112. The van der Waals surface area contributed by atoms with E-state index in [2.05, 4.69) is 0 Å². The summed E-state index contributed by atoms with van der Waals surface area (Å²) in [6.45, 7) is 5.89. The van der Waals surface area contributed by atoms with E-state index in [1.165, 1.54) is 47.3 Å². The average molecular weight is 851 g/mol. The Balaban J connectivity index is 1.79. The van der Waals surface area contributed by atoms with E-state index in [9.17, 15) is 28.8 Å². The van der Waals surface area contributed by atoms with Crippen LogP contribution in [0.4, 0.5) is 0 Å². The van der Waals surface area contributed by atoms with Gasteiger partial charge in [0.05, 0.1) is 27.4 Å². The van der Waals surface area contributed by atoms with Crippen molar-refractivity contribution in [2.45, 2.75) is 103 Å². The fourth-order valence-corrected chi connectivity index (χ4v) is 6.46. The smallest absolute Gasteiger partial charge is 0.308 e. The summed E-state index contributed by atoms with van der Waals surface area (Å²) >= 11 is 0. The van der Waals surface area contributed by atoms with Gasteiger partial charge in [0.25, 0.3) is 0 Å². The molecule has 0 N–H and O–H groups in total. The molecule has 0 aromatic heterocycles. The molecular formula is C40H50O20. The fourth-order valence-electron chi connectivity index (χ4n) is 6.46. The lowest BCUT2D eigenvalue weighted by Crippen LogP contribution is -2.59. The Morgan fingerprint density at radius 3 is 1.82 bits per heavy atom. The molecule has 2 aliphatic rings. The highest BCUT2D eigenvalue weighted by atomic mass is 16.8. The van der Waals surface area contributed by atoms with E-state index in [1.807, 2.05) is 0 Å². The van der Waals surface area contributed by atoms with Crippen LogP contribution in [-0.4, -0.2) is 132 Å². The van der Waals surface area contributed by atoms with Gasteiger partial charge in [-0.3, -0.25) is 28.8 Å². The summed E-state index contributed by atoms with van der Waals surface area (Å²) in [6.07, 6.45) is -13.1. The maximum Gasteiger partial charge on any atom is 0.308 e. The zero-order valence-corrected chi connectivity index (χ0v) is 34.6. The van der Waals surface area contributed by atoms with Crippen LogP contribution in [0.3, 0.4) is 0 Å². The molecule has 330 valence electrons. The van der Waals surface area contributed by atoms with Crippen LogP contribution in [0, 0.1) is 0 Å². The predicted octanol–water partition coefficient (Wildman–Crippen LogP) is 2.54. The van der Waals surface area contributed by atoms with Crippen molar-refractivity contribution >= 4 is 35.8 Å². The molecule has 0 spiro atoms. The maximum atomic E-state index is 12.6. The third-order valence-electron chi connectivity index (χ3n) is 8.74. The van der Waals surface area contributed by atoms with Crippen molar-refractivity contribution in [1.82, 2.24) is 0 Å². The number of hydrogen-bond donors (Lipinski definition) is 0. The number of esters is 6. The second-order valence-electron chi connectivity index (χ2n) is 13.3. The number of carbonyl (C=O) groups excluding carboxylic acids is 6. The number of rotatable bonds is 19. The molecule has 2 heterocycles. The van der Waals surface area contributed by atoms with E-state index in [0.29, 0.717) is 11.3 Å². The molecule has 20 heteroatoms. The topological polar surface area (TPSA) is 232 Å². The van der Waals surface area contributed by atoms with Gasteiger partial charge in [-0.1, -0.05) is 18.2 Å². The average Bonchev–Trinajstić information content (AvgIpc) is 3.48. The molecule has 2 saturated heterocycles. The zero-order valence-electron chi connectivity index (χ0n) is 34.6. The molecule has 0 bridgehead atoms. The third kappa shape index (κ3) is 13.0. The lowest BCUT2D eigenvalue weighted by Gasteiger charge is -2.41. The number of methoxy groups -OCH3 is 3. The van der Waals surface area contributed by atoms with Crippen molar-refractivity contribution in [2.24, 2.45) is 0 Å². The van der Waals surface area contributed by atoms with Crippen LogP contribution < -0.4 is 18.9 Å². The highest BCUT2D eigenvalue weighted by Crippen LogP contribution is 2.38. The molecular weight excluding hydrogens is 800 g/mol. The summed E-state index contributed by atoms with van der Waals surface area (Å²) < 4.78 is 80.6. The van der Waals surface area contributed by atoms with Gasteiger partial charge in [-0.15, -0.1) is 0 Å². The second-order valence-corrected chi connectivity index (χ2v) is 13.3. The van der Waals surface area contributed by atoms with E-state index >= 15 is 0 Å². The van der Waals surface area contributed by atoms with Gasteiger partial charge in [0.2, 0.25) is 0 Å². The first kappa shape index (κ1) is 47.1. The van der Waals surface area contributed by atoms with Gasteiger partial charge in [-0.25, -0.2) is 0 Å². The van der Waals surface area contributed by atoms with Crippen LogP contribution in [0.25, 0.3) is 0 Å². The summed E-state index contributed by atoms with van der Waals surface area (Å²) in [5, 5.41) is 0. The van der Waals surface area contributed by atoms with Crippen LogP contribution in [0.5, 0.6) is 23.0 Å². The summed E-state index contributed by atoms with van der Waals surface area (Å²) in [6, 6.07) is 11.2. The van der Waals surface area contributed by atoms with Gasteiger partial charge in [0.15, 0.2) is 66.1 Å². The number of hydrogen-bond acceptors (Lipinski definition) is 20. The van der Waals surface area contributed by atoms with Crippen molar-refractivity contribution in [1.29, 1.82) is 0 Å². The summed E-state index contributed by atoms with van der Waals surface area (Å²) in [7, 11) is 4.10. The Kier molecular flexibility index (Phi) is 17.4. The molecule has 2 aromatic carbocycles. The maximum absolute atomic E-state index is 12.6. The normalized spacial score (nSPS) is 24.5. The van der Waals surface area contributed by atoms with Crippen molar-refractivity contribution in [3.8, 4) is 23.0 Å². The van der Waals surface area contributed by atoms with Crippen molar-refractivity contribution in [3.05, 3.63) is 48.0 Å². The van der Waals surface area contributed by atoms with Gasteiger partial charge < -0.3 is 66.3 Å². The van der Waals surface area contributed by atoms with Crippen LogP contribution in [0.2, 0.25) is 0 Å². The number of benzene rings is 2. The van der Waals surface area contributed by atoms with Gasteiger partial charge in [0.1, 0.15) is 24.9 Å². The van der Waals surface area contributed by atoms with Crippen LogP contribution in [-0.2, 0) is 76.1 Å². The van der Waals surface area contributed by atoms with E-state index < -0.39 is 104 Å². The lowest BCUT2D eigenvalue weighted by molar-refractivity contribution is -0.308. The molecule has 2 fully saturated rings. The molecule has 4 rings (SSSR count). The number of carbonyl (C=O) groups is 6. The van der Waals surface area contributed by atoms with Gasteiger partial charge in [-0.2, -0.15) is 0 Å². The molecule has 0 saturated carbocycles. The molecule has 10 atom stereocenters. The first-order valence-corrected chi connectivity index (χ1v) is 18.6. The van der Waals surface area contributed by atoms with Crippen LogP contribution in [0.1, 0.15) is 53.2 Å². The minimum absolute atomic E-state index is 0.0934. The number of ether oxygens (including phenoxy) is 14. The summed E-state index contributed by atoms with van der Waals surface area (Å²) in [4.78, 5) is 73.5.